The molecule has 0 saturated carbocycles. The Bertz CT molecular complexity index is 461. The lowest BCUT2D eigenvalue weighted by atomic mass is 10.00. The fraction of sp³-hybridized carbons (Fsp3) is 0.533. The summed E-state index contributed by atoms with van der Waals surface area (Å²) in [6.45, 7) is 7.96. The zero-order valence-electron chi connectivity index (χ0n) is 12.2. The van der Waals surface area contributed by atoms with Crippen molar-refractivity contribution in [3.8, 4) is 0 Å². The van der Waals surface area contributed by atoms with Gasteiger partial charge in [0.25, 0.3) is 0 Å². The number of benzene rings is 1. The van der Waals surface area contributed by atoms with E-state index in [1.807, 2.05) is 17.0 Å². The van der Waals surface area contributed by atoms with Crippen LogP contribution in [0.25, 0.3) is 0 Å². The summed E-state index contributed by atoms with van der Waals surface area (Å²) in [6, 6.07) is 7.66. The predicted octanol–water partition coefficient (Wildman–Crippen LogP) is 3.19. The Labute approximate surface area is 125 Å². The maximum atomic E-state index is 12.4. The predicted molar refractivity (Wildman–Crippen MR) is 83.3 cm³/mol. The van der Waals surface area contributed by atoms with Crippen molar-refractivity contribution in [2.24, 2.45) is 5.92 Å². The molecule has 2 rings (SSSR count). The zero-order chi connectivity index (χ0) is 14.7. The summed E-state index contributed by atoms with van der Waals surface area (Å²) in [5.74, 6) is 0.508. The van der Waals surface area contributed by atoms with Crippen molar-refractivity contribution < 1.29 is 4.79 Å². The third-order valence-electron chi connectivity index (χ3n) is 3.76. The van der Waals surface area contributed by atoms with Gasteiger partial charge in [-0.2, -0.15) is 0 Å². The van der Waals surface area contributed by atoms with Crippen molar-refractivity contribution in [2.75, 3.05) is 18.4 Å². The molecule has 1 heterocycles. The average Bonchev–Trinajstić information content (AvgIpc) is 2.41. The SMILES string of the molecule is CC(C)C1CN(C(=O)Nc2ccc(Cl)cc2)C(C)CN1. The van der Waals surface area contributed by atoms with Crippen LogP contribution in [-0.4, -0.2) is 36.1 Å². The monoisotopic (exact) mass is 295 g/mol. The molecule has 1 aromatic carbocycles. The van der Waals surface area contributed by atoms with Crippen molar-refractivity contribution in [2.45, 2.75) is 32.9 Å². The fourth-order valence-corrected chi connectivity index (χ4v) is 2.47. The first-order chi connectivity index (χ1) is 9.47. The number of amides is 2. The highest BCUT2D eigenvalue weighted by Crippen LogP contribution is 2.17. The molecule has 0 radical (unpaired) electrons. The second kappa shape index (κ2) is 6.46. The van der Waals surface area contributed by atoms with Gasteiger partial charge in [0, 0.05) is 35.9 Å². The number of carbonyl (C=O) groups excluding carboxylic acids is 1. The maximum Gasteiger partial charge on any atom is 0.322 e. The van der Waals surface area contributed by atoms with Crippen LogP contribution >= 0.6 is 11.6 Å². The molecule has 4 nitrogen and oxygen atoms in total. The Morgan fingerprint density at radius 2 is 2.05 bits per heavy atom. The van der Waals surface area contributed by atoms with E-state index in [2.05, 4.69) is 31.4 Å². The number of carbonyl (C=O) groups is 1. The van der Waals surface area contributed by atoms with Crippen LogP contribution in [0.2, 0.25) is 5.02 Å². The molecule has 2 atom stereocenters. The molecule has 0 spiro atoms. The molecule has 1 fully saturated rings. The molecule has 1 saturated heterocycles. The normalized spacial score (nSPS) is 22.9. The van der Waals surface area contributed by atoms with Crippen LogP contribution in [0.3, 0.4) is 0 Å². The standard InChI is InChI=1S/C15H22ClN3O/c1-10(2)14-9-19(11(3)8-17-14)15(20)18-13-6-4-12(16)5-7-13/h4-7,10-11,14,17H,8-9H2,1-3H3,(H,18,20). The van der Waals surface area contributed by atoms with Crippen LogP contribution in [0, 0.1) is 5.92 Å². The molecule has 2 N–H and O–H groups in total. The average molecular weight is 296 g/mol. The summed E-state index contributed by atoms with van der Waals surface area (Å²) < 4.78 is 0. The number of anilines is 1. The van der Waals surface area contributed by atoms with Crippen LogP contribution < -0.4 is 10.6 Å². The molecule has 1 aliphatic heterocycles. The Hall–Kier alpha value is -1.26. The minimum atomic E-state index is -0.0491. The van der Waals surface area contributed by atoms with Gasteiger partial charge in [0.1, 0.15) is 0 Å². The lowest BCUT2D eigenvalue weighted by molar-refractivity contribution is 0.145. The summed E-state index contributed by atoms with van der Waals surface area (Å²) in [4.78, 5) is 14.3. The van der Waals surface area contributed by atoms with Gasteiger partial charge < -0.3 is 15.5 Å². The highest BCUT2D eigenvalue weighted by Gasteiger charge is 2.29. The van der Waals surface area contributed by atoms with Gasteiger partial charge in [0.15, 0.2) is 0 Å². The summed E-state index contributed by atoms with van der Waals surface area (Å²) in [7, 11) is 0. The highest BCUT2D eigenvalue weighted by atomic mass is 35.5. The molecule has 2 amide bonds. The Balaban J connectivity index is 2.01. The highest BCUT2D eigenvalue weighted by molar-refractivity contribution is 6.30. The number of nitrogens with zero attached hydrogens (tertiary/aromatic N) is 1. The van der Waals surface area contributed by atoms with E-state index < -0.39 is 0 Å². The van der Waals surface area contributed by atoms with Gasteiger partial charge in [0.05, 0.1) is 0 Å². The fourth-order valence-electron chi connectivity index (χ4n) is 2.35. The number of hydrogen-bond donors (Lipinski definition) is 2. The van der Waals surface area contributed by atoms with Crippen molar-refractivity contribution >= 4 is 23.3 Å². The minimum Gasteiger partial charge on any atom is -0.319 e. The van der Waals surface area contributed by atoms with Gasteiger partial charge in [-0.15, -0.1) is 0 Å². The number of urea groups is 1. The Morgan fingerprint density at radius 1 is 1.40 bits per heavy atom. The largest absolute Gasteiger partial charge is 0.322 e. The summed E-state index contributed by atoms with van der Waals surface area (Å²) in [5.41, 5.74) is 0.770. The van der Waals surface area contributed by atoms with E-state index in [4.69, 9.17) is 11.6 Å². The van der Waals surface area contributed by atoms with Crippen LogP contribution in [-0.2, 0) is 0 Å². The first-order valence-electron chi connectivity index (χ1n) is 7.04. The molecule has 20 heavy (non-hydrogen) atoms. The van der Waals surface area contributed by atoms with Crippen molar-refractivity contribution in [3.63, 3.8) is 0 Å². The smallest absolute Gasteiger partial charge is 0.319 e. The number of rotatable bonds is 2. The number of piperazine rings is 1. The van der Waals surface area contributed by atoms with E-state index in [1.54, 1.807) is 12.1 Å². The van der Waals surface area contributed by atoms with Crippen LogP contribution in [0.1, 0.15) is 20.8 Å². The maximum absolute atomic E-state index is 12.4. The lowest BCUT2D eigenvalue weighted by Gasteiger charge is -2.40. The van der Waals surface area contributed by atoms with Crippen molar-refractivity contribution in [1.29, 1.82) is 0 Å². The third-order valence-corrected chi connectivity index (χ3v) is 4.01. The Morgan fingerprint density at radius 3 is 2.65 bits per heavy atom. The second-order valence-electron chi connectivity index (χ2n) is 5.70. The van der Waals surface area contributed by atoms with E-state index in [1.165, 1.54) is 0 Å². The van der Waals surface area contributed by atoms with Gasteiger partial charge in [-0.25, -0.2) is 4.79 Å². The molecule has 5 heteroatoms. The molecule has 0 bridgehead atoms. The minimum absolute atomic E-state index is 0.0491. The van der Waals surface area contributed by atoms with Gasteiger partial charge in [0.2, 0.25) is 0 Å². The van der Waals surface area contributed by atoms with Crippen LogP contribution in [0.15, 0.2) is 24.3 Å². The van der Waals surface area contributed by atoms with E-state index in [9.17, 15) is 4.79 Å². The van der Waals surface area contributed by atoms with Gasteiger partial charge in [-0.3, -0.25) is 0 Å². The third kappa shape index (κ3) is 3.64. The van der Waals surface area contributed by atoms with Gasteiger partial charge >= 0.3 is 6.03 Å². The number of halogens is 1. The Kier molecular flexibility index (Phi) is 4.89. The molecular formula is C15H22ClN3O. The van der Waals surface area contributed by atoms with Gasteiger partial charge in [-0.1, -0.05) is 25.4 Å². The molecule has 0 aliphatic carbocycles. The molecular weight excluding hydrogens is 274 g/mol. The van der Waals surface area contributed by atoms with E-state index in [-0.39, 0.29) is 12.1 Å². The first kappa shape index (κ1) is 15.1. The van der Waals surface area contributed by atoms with Crippen molar-refractivity contribution in [3.05, 3.63) is 29.3 Å². The second-order valence-corrected chi connectivity index (χ2v) is 6.13. The summed E-state index contributed by atoms with van der Waals surface area (Å²) in [5, 5.41) is 7.08. The number of hydrogen-bond acceptors (Lipinski definition) is 2. The summed E-state index contributed by atoms with van der Waals surface area (Å²) in [6.07, 6.45) is 0. The number of nitrogens with one attached hydrogen (secondary N) is 2. The topological polar surface area (TPSA) is 44.4 Å². The molecule has 110 valence electrons. The molecule has 1 aliphatic rings. The van der Waals surface area contributed by atoms with E-state index in [0.717, 1.165) is 18.8 Å². The molecule has 0 aromatic heterocycles. The van der Waals surface area contributed by atoms with Gasteiger partial charge in [-0.05, 0) is 37.1 Å². The molecule has 1 aromatic rings. The van der Waals surface area contributed by atoms with Crippen LogP contribution in [0.5, 0.6) is 0 Å². The lowest BCUT2D eigenvalue weighted by Crippen LogP contribution is -2.59. The van der Waals surface area contributed by atoms with Crippen molar-refractivity contribution in [1.82, 2.24) is 10.2 Å². The first-order valence-corrected chi connectivity index (χ1v) is 7.41. The zero-order valence-corrected chi connectivity index (χ0v) is 12.9. The van der Waals surface area contributed by atoms with E-state index in [0.29, 0.717) is 17.0 Å². The molecule has 2 unspecified atom stereocenters. The van der Waals surface area contributed by atoms with Crippen LogP contribution in [0.4, 0.5) is 10.5 Å². The summed E-state index contributed by atoms with van der Waals surface area (Å²) >= 11 is 5.84. The quantitative estimate of drug-likeness (QED) is 0.880. The van der Waals surface area contributed by atoms with E-state index >= 15 is 0 Å².